The van der Waals surface area contributed by atoms with Crippen LogP contribution >= 0.6 is 11.3 Å². The summed E-state index contributed by atoms with van der Waals surface area (Å²) in [6, 6.07) is 15.1. The Labute approximate surface area is 213 Å². The average molecular weight is 507 g/mol. The average Bonchev–Trinajstić information content (AvgIpc) is 3.50. The van der Waals surface area contributed by atoms with Gasteiger partial charge in [0, 0.05) is 49.7 Å². The van der Waals surface area contributed by atoms with Gasteiger partial charge in [-0.25, -0.2) is 4.98 Å². The van der Waals surface area contributed by atoms with Crippen molar-refractivity contribution < 1.29 is 19.4 Å². The molecule has 9 heteroatoms. The second-order valence-corrected chi connectivity index (χ2v) is 11.1. The minimum atomic E-state index is -0.947. The smallest absolute Gasteiger partial charge is 0.323 e. The van der Waals surface area contributed by atoms with Gasteiger partial charge < -0.3 is 20.1 Å². The molecule has 36 heavy (non-hydrogen) atoms. The van der Waals surface area contributed by atoms with E-state index in [1.165, 1.54) is 12.5 Å². The molecule has 0 saturated carbocycles. The second-order valence-electron chi connectivity index (χ2n) is 10.1. The summed E-state index contributed by atoms with van der Waals surface area (Å²) in [5, 5.41) is 13.5. The van der Waals surface area contributed by atoms with Gasteiger partial charge in [0.25, 0.3) is 5.19 Å². The number of carboxylic acid groups (broad SMARTS) is 1. The van der Waals surface area contributed by atoms with Gasteiger partial charge in [0.1, 0.15) is 12.3 Å². The number of benzene rings is 2. The maximum atomic E-state index is 12.1. The van der Waals surface area contributed by atoms with Gasteiger partial charge in [-0.05, 0) is 61.6 Å². The van der Waals surface area contributed by atoms with Crippen molar-refractivity contribution in [1.29, 1.82) is 0 Å². The zero-order valence-electron chi connectivity index (χ0n) is 20.2. The van der Waals surface area contributed by atoms with Crippen LogP contribution in [-0.4, -0.2) is 69.5 Å². The third-order valence-electron chi connectivity index (χ3n) is 7.92. The van der Waals surface area contributed by atoms with Crippen LogP contribution in [0.4, 0.5) is 5.69 Å². The van der Waals surface area contributed by atoms with Gasteiger partial charge in [-0.15, -0.1) is 0 Å². The molecule has 2 unspecified atom stereocenters. The molecule has 3 aromatic rings. The summed E-state index contributed by atoms with van der Waals surface area (Å²) >= 11 is 1.55. The first-order valence-electron chi connectivity index (χ1n) is 12.6. The Morgan fingerprint density at radius 3 is 2.69 bits per heavy atom. The fourth-order valence-corrected chi connectivity index (χ4v) is 7.14. The van der Waals surface area contributed by atoms with Crippen LogP contribution in [0, 0.1) is 0 Å². The molecule has 0 aliphatic carbocycles. The number of nitrogens with one attached hydrogen (secondary N) is 1. The van der Waals surface area contributed by atoms with E-state index in [9.17, 15) is 14.7 Å². The van der Waals surface area contributed by atoms with Crippen molar-refractivity contribution in [3.8, 4) is 10.9 Å². The topological polar surface area (TPSA) is 95.0 Å². The number of aromatic nitrogens is 1. The van der Waals surface area contributed by atoms with E-state index in [4.69, 9.17) is 4.74 Å². The molecular formula is C27H30N4O4S. The highest BCUT2D eigenvalue weighted by molar-refractivity contribution is 7.20. The zero-order chi connectivity index (χ0) is 24.8. The zero-order valence-corrected chi connectivity index (χ0v) is 21.0. The molecule has 0 radical (unpaired) electrons. The number of carbonyl (C=O) groups excluding carboxylic acids is 1. The number of para-hydroxylation sites is 1. The van der Waals surface area contributed by atoms with Crippen molar-refractivity contribution in [2.75, 3.05) is 25.0 Å². The Hall–Kier alpha value is -3.17. The van der Waals surface area contributed by atoms with Gasteiger partial charge in [0.15, 0.2) is 0 Å². The quantitative estimate of drug-likeness (QED) is 0.486. The van der Waals surface area contributed by atoms with E-state index in [-0.39, 0.29) is 18.5 Å². The van der Waals surface area contributed by atoms with Crippen LogP contribution in [0.15, 0.2) is 42.5 Å². The Kier molecular flexibility index (Phi) is 6.05. The standard InChI is InChI=1S/C27H30N4O4S/c1-16(32)30(15-26(33)34)20-10-18-6-7-19(11-20)31(18)14-17-13-28-23-9-8-21(12-22(17)23)35-27-29-24-4-2-3-5-25(24)36-27/h2-5,8-9,12,17-20,28H,6-7,10-11,13-15H2,1H3,(H,33,34)/t17?,18-,19+,20?. The number of hydrogen-bond donors (Lipinski definition) is 2. The number of nitrogens with zero attached hydrogens (tertiary/aromatic N) is 3. The minimum absolute atomic E-state index is 0.00940. The van der Waals surface area contributed by atoms with Gasteiger partial charge in [-0.2, -0.15) is 0 Å². The lowest BCUT2D eigenvalue weighted by atomic mass is 9.92. The summed E-state index contributed by atoms with van der Waals surface area (Å²) in [6.07, 6.45) is 3.90. The molecule has 3 aliphatic rings. The molecule has 1 amide bonds. The Morgan fingerprint density at radius 1 is 1.19 bits per heavy atom. The molecule has 2 fully saturated rings. The Balaban J connectivity index is 1.15. The maximum Gasteiger partial charge on any atom is 0.323 e. The number of hydrogen-bond acceptors (Lipinski definition) is 7. The van der Waals surface area contributed by atoms with E-state index in [1.54, 1.807) is 16.2 Å². The first-order valence-corrected chi connectivity index (χ1v) is 13.4. The molecule has 4 atom stereocenters. The van der Waals surface area contributed by atoms with Crippen molar-refractivity contribution in [1.82, 2.24) is 14.8 Å². The van der Waals surface area contributed by atoms with Crippen LogP contribution in [0.3, 0.4) is 0 Å². The predicted octanol–water partition coefficient (Wildman–Crippen LogP) is 4.53. The lowest BCUT2D eigenvalue weighted by molar-refractivity contribution is -0.146. The van der Waals surface area contributed by atoms with Crippen molar-refractivity contribution in [2.24, 2.45) is 0 Å². The number of thiazole rings is 1. The molecule has 0 spiro atoms. The van der Waals surface area contributed by atoms with E-state index < -0.39 is 5.97 Å². The lowest BCUT2D eigenvalue weighted by Gasteiger charge is -2.43. The molecule has 2 N–H and O–H groups in total. The van der Waals surface area contributed by atoms with Gasteiger partial charge in [0.05, 0.1) is 10.2 Å². The second kappa shape index (κ2) is 9.37. The largest absolute Gasteiger partial charge is 0.480 e. The molecule has 3 aliphatic heterocycles. The van der Waals surface area contributed by atoms with E-state index in [0.717, 1.165) is 60.4 Å². The summed E-state index contributed by atoms with van der Waals surface area (Å²) in [7, 11) is 0. The maximum absolute atomic E-state index is 12.1. The molecular weight excluding hydrogens is 476 g/mol. The third-order valence-corrected chi connectivity index (χ3v) is 8.84. The number of carboxylic acids is 1. The van der Waals surface area contributed by atoms with Crippen molar-refractivity contribution in [3.05, 3.63) is 48.0 Å². The van der Waals surface area contributed by atoms with Crippen LogP contribution in [0.1, 0.15) is 44.1 Å². The fourth-order valence-electron chi connectivity index (χ4n) is 6.30. The first-order chi connectivity index (χ1) is 17.4. The number of fused-ring (bicyclic) bond motifs is 4. The van der Waals surface area contributed by atoms with Gasteiger partial charge in [-0.1, -0.05) is 23.5 Å². The van der Waals surface area contributed by atoms with Crippen LogP contribution in [0.5, 0.6) is 10.9 Å². The number of piperidine rings is 1. The Morgan fingerprint density at radius 2 is 1.97 bits per heavy atom. The molecule has 188 valence electrons. The molecule has 8 nitrogen and oxygen atoms in total. The summed E-state index contributed by atoms with van der Waals surface area (Å²) < 4.78 is 7.27. The van der Waals surface area contributed by atoms with Crippen molar-refractivity contribution >= 4 is 39.1 Å². The summed E-state index contributed by atoms with van der Waals surface area (Å²) in [4.78, 5) is 32.2. The molecule has 2 saturated heterocycles. The monoisotopic (exact) mass is 506 g/mol. The van der Waals surface area contributed by atoms with Crippen LogP contribution in [-0.2, 0) is 9.59 Å². The first kappa shape index (κ1) is 23.2. The van der Waals surface area contributed by atoms with Crippen molar-refractivity contribution in [2.45, 2.75) is 56.7 Å². The molecule has 4 heterocycles. The number of carbonyl (C=O) groups is 2. The molecule has 2 bridgehead atoms. The van der Waals surface area contributed by atoms with Gasteiger partial charge in [-0.3, -0.25) is 14.5 Å². The Bertz CT molecular complexity index is 1260. The summed E-state index contributed by atoms with van der Waals surface area (Å²) in [6.45, 7) is 3.10. The number of ether oxygens (including phenoxy) is 1. The van der Waals surface area contributed by atoms with E-state index >= 15 is 0 Å². The van der Waals surface area contributed by atoms with Crippen LogP contribution < -0.4 is 10.1 Å². The summed E-state index contributed by atoms with van der Waals surface area (Å²) in [5.41, 5.74) is 3.37. The van der Waals surface area contributed by atoms with Crippen LogP contribution in [0.25, 0.3) is 10.2 Å². The van der Waals surface area contributed by atoms with E-state index in [0.29, 0.717) is 23.2 Å². The third kappa shape index (κ3) is 4.41. The molecule has 1 aromatic heterocycles. The number of aliphatic carboxylic acids is 1. The highest BCUT2D eigenvalue weighted by Gasteiger charge is 2.44. The normalized spacial score (nSPS) is 24.9. The van der Waals surface area contributed by atoms with E-state index in [2.05, 4.69) is 33.4 Å². The molecule has 6 rings (SSSR count). The predicted molar refractivity (Wildman–Crippen MR) is 139 cm³/mol. The highest BCUT2D eigenvalue weighted by atomic mass is 32.1. The van der Waals surface area contributed by atoms with E-state index in [1.807, 2.05) is 24.3 Å². The van der Waals surface area contributed by atoms with Crippen LogP contribution in [0.2, 0.25) is 0 Å². The number of rotatable bonds is 7. The van der Waals surface area contributed by atoms with Gasteiger partial charge in [0.2, 0.25) is 5.91 Å². The van der Waals surface area contributed by atoms with Crippen molar-refractivity contribution in [3.63, 3.8) is 0 Å². The fraction of sp³-hybridized carbons (Fsp3) is 0.444. The minimum Gasteiger partial charge on any atom is -0.480 e. The summed E-state index contributed by atoms with van der Waals surface area (Å²) in [5.74, 6) is 0.0535. The number of amides is 1. The highest BCUT2D eigenvalue weighted by Crippen LogP contribution is 2.42. The molecule has 2 aromatic carbocycles. The lowest BCUT2D eigenvalue weighted by Crippen LogP contribution is -2.53. The van der Waals surface area contributed by atoms with Gasteiger partial charge >= 0.3 is 5.97 Å². The SMILES string of the molecule is CC(=O)N(CC(=O)O)C1C[C@H]2CC[C@@H](C1)N2CC1CNc2ccc(Oc3nc4ccccc4s3)cc21. The number of anilines is 1.